The van der Waals surface area contributed by atoms with E-state index in [4.69, 9.17) is 0 Å². The van der Waals surface area contributed by atoms with Crippen molar-refractivity contribution in [1.82, 2.24) is 24.6 Å². The number of amides is 1. The number of rotatable bonds is 7. The standard InChI is InChI=1S/C27H30N6O2/c1-27(2,18-32-14-3-4-15-32)31-26(35)19-5-7-21(8-6-19)30-22-9-10-23(33-16-13-29-25(22)33)20-11-12-28-24(34)17-20/h5-13,16-17,30H,3-4,14-15,18H2,1-2H3,(H,28,34)(H,31,35). The summed E-state index contributed by atoms with van der Waals surface area (Å²) in [4.78, 5) is 34.2. The van der Waals surface area contributed by atoms with E-state index in [0.29, 0.717) is 5.56 Å². The maximum absolute atomic E-state index is 12.9. The summed E-state index contributed by atoms with van der Waals surface area (Å²) in [5.74, 6) is -0.0707. The summed E-state index contributed by atoms with van der Waals surface area (Å²) >= 11 is 0. The number of H-pyrrole nitrogens is 1. The Kier molecular flexibility index (Phi) is 6.13. The van der Waals surface area contributed by atoms with Crippen LogP contribution in [-0.2, 0) is 0 Å². The van der Waals surface area contributed by atoms with Crippen LogP contribution in [0, 0.1) is 0 Å². The van der Waals surface area contributed by atoms with Crippen LogP contribution in [0.2, 0.25) is 0 Å². The van der Waals surface area contributed by atoms with E-state index in [-0.39, 0.29) is 17.0 Å². The minimum Gasteiger partial charge on any atom is -0.352 e. The van der Waals surface area contributed by atoms with Gasteiger partial charge in [0.05, 0.1) is 11.4 Å². The lowest BCUT2D eigenvalue weighted by atomic mass is 10.0. The number of likely N-dealkylation sites (tertiary alicyclic amines) is 1. The Bertz CT molecular complexity index is 1400. The summed E-state index contributed by atoms with van der Waals surface area (Å²) < 4.78 is 1.95. The molecule has 0 bridgehead atoms. The number of imidazole rings is 1. The summed E-state index contributed by atoms with van der Waals surface area (Å²) in [7, 11) is 0. The van der Waals surface area contributed by atoms with Crippen LogP contribution in [0.3, 0.4) is 0 Å². The van der Waals surface area contributed by atoms with Crippen molar-refractivity contribution in [1.29, 1.82) is 0 Å². The van der Waals surface area contributed by atoms with Crippen molar-refractivity contribution in [3.63, 3.8) is 0 Å². The molecule has 0 aliphatic carbocycles. The van der Waals surface area contributed by atoms with Crippen molar-refractivity contribution in [3.05, 3.63) is 83.0 Å². The Labute approximate surface area is 204 Å². The van der Waals surface area contributed by atoms with Gasteiger partial charge in [0.2, 0.25) is 5.56 Å². The summed E-state index contributed by atoms with van der Waals surface area (Å²) in [6, 6.07) is 14.8. The Balaban J connectivity index is 1.30. The van der Waals surface area contributed by atoms with Gasteiger partial charge in [0.25, 0.3) is 5.91 Å². The maximum Gasteiger partial charge on any atom is 0.251 e. The average molecular weight is 471 g/mol. The van der Waals surface area contributed by atoms with Crippen molar-refractivity contribution < 1.29 is 4.79 Å². The molecule has 1 fully saturated rings. The second kappa shape index (κ2) is 9.38. The van der Waals surface area contributed by atoms with E-state index >= 15 is 0 Å². The molecule has 180 valence electrons. The Hall–Kier alpha value is -3.91. The monoisotopic (exact) mass is 470 g/mol. The van der Waals surface area contributed by atoms with Gasteiger partial charge in [0.15, 0.2) is 5.65 Å². The van der Waals surface area contributed by atoms with Crippen LogP contribution in [-0.4, -0.2) is 50.3 Å². The number of aromatic nitrogens is 3. The topological polar surface area (TPSA) is 94.5 Å². The largest absolute Gasteiger partial charge is 0.352 e. The minimum atomic E-state index is -0.296. The molecule has 0 saturated carbocycles. The molecule has 1 aliphatic heterocycles. The zero-order valence-corrected chi connectivity index (χ0v) is 20.0. The zero-order valence-electron chi connectivity index (χ0n) is 20.0. The Morgan fingerprint density at radius 2 is 1.86 bits per heavy atom. The van der Waals surface area contributed by atoms with Crippen LogP contribution in [0.25, 0.3) is 16.9 Å². The van der Waals surface area contributed by atoms with E-state index < -0.39 is 0 Å². The molecule has 8 heteroatoms. The van der Waals surface area contributed by atoms with Gasteiger partial charge >= 0.3 is 0 Å². The molecule has 1 saturated heterocycles. The van der Waals surface area contributed by atoms with E-state index in [1.54, 1.807) is 18.5 Å². The average Bonchev–Trinajstić information content (AvgIpc) is 3.51. The normalized spacial score (nSPS) is 14.3. The SMILES string of the molecule is CC(C)(CN1CCCC1)NC(=O)c1ccc(Nc2ccc(-c3cc[nH]c(=O)c3)n3ccnc23)cc1. The molecule has 3 N–H and O–H groups in total. The highest BCUT2D eigenvalue weighted by atomic mass is 16.1. The smallest absolute Gasteiger partial charge is 0.251 e. The van der Waals surface area contributed by atoms with Crippen molar-refractivity contribution in [3.8, 4) is 11.3 Å². The third kappa shape index (κ3) is 5.12. The van der Waals surface area contributed by atoms with Gasteiger partial charge in [-0.2, -0.15) is 0 Å². The molecule has 5 rings (SSSR count). The van der Waals surface area contributed by atoms with Gasteiger partial charge in [0, 0.05) is 53.6 Å². The molecule has 1 aromatic carbocycles. The highest BCUT2D eigenvalue weighted by Crippen LogP contribution is 2.27. The number of pyridine rings is 2. The predicted octanol–water partition coefficient (Wildman–Crippen LogP) is 4.04. The second-order valence-electron chi connectivity index (χ2n) is 9.72. The fourth-order valence-electron chi connectivity index (χ4n) is 4.73. The number of hydrogen-bond acceptors (Lipinski definition) is 5. The molecule has 3 aromatic heterocycles. The second-order valence-corrected chi connectivity index (χ2v) is 9.72. The highest BCUT2D eigenvalue weighted by molar-refractivity contribution is 5.95. The highest BCUT2D eigenvalue weighted by Gasteiger charge is 2.25. The molecule has 4 aromatic rings. The van der Waals surface area contributed by atoms with Gasteiger partial charge in [-0.15, -0.1) is 0 Å². The number of fused-ring (bicyclic) bond motifs is 1. The van der Waals surface area contributed by atoms with Gasteiger partial charge in [-0.1, -0.05) is 0 Å². The van der Waals surface area contributed by atoms with Crippen LogP contribution < -0.4 is 16.2 Å². The molecule has 8 nitrogen and oxygen atoms in total. The molecule has 0 atom stereocenters. The van der Waals surface area contributed by atoms with Gasteiger partial charge < -0.3 is 20.5 Å². The maximum atomic E-state index is 12.9. The quantitative estimate of drug-likeness (QED) is 0.379. The summed E-state index contributed by atoms with van der Waals surface area (Å²) in [6.45, 7) is 7.21. The van der Waals surface area contributed by atoms with Crippen LogP contribution in [0.4, 0.5) is 11.4 Å². The number of carbonyl (C=O) groups is 1. The fraction of sp³-hybridized carbons (Fsp3) is 0.296. The van der Waals surface area contributed by atoms with E-state index in [9.17, 15) is 9.59 Å². The number of anilines is 2. The van der Waals surface area contributed by atoms with Crippen molar-refractivity contribution in [2.75, 3.05) is 25.0 Å². The Morgan fingerprint density at radius 1 is 1.09 bits per heavy atom. The Morgan fingerprint density at radius 3 is 2.60 bits per heavy atom. The number of nitrogens with one attached hydrogen (secondary N) is 3. The molecule has 0 unspecified atom stereocenters. The molecular weight excluding hydrogens is 440 g/mol. The minimum absolute atomic E-state index is 0.0707. The lowest BCUT2D eigenvalue weighted by Crippen LogP contribution is -2.50. The zero-order chi connectivity index (χ0) is 24.4. The van der Waals surface area contributed by atoms with E-state index in [0.717, 1.165) is 47.9 Å². The van der Waals surface area contributed by atoms with Crippen LogP contribution in [0.1, 0.15) is 37.0 Å². The van der Waals surface area contributed by atoms with E-state index in [1.807, 2.05) is 53.1 Å². The molecule has 1 aliphatic rings. The first-order valence-corrected chi connectivity index (χ1v) is 12.0. The lowest BCUT2D eigenvalue weighted by molar-refractivity contribution is 0.0894. The molecular formula is C27H30N6O2. The number of carbonyl (C=O) groups excluding carboxylic acids is 1. The van der Waals surface area contributed by atoms with Crippen LogP contribution in [0.15, 0.2) is 71.9 Å². The third-order valence-electron chi connectivity index (χ3n) is 6.32. The third-order valence-corrected chi connectivity index (χ3v) is 6.32. The molecule has 35 heavy (non-hydrogen) atoms. The first-order valence-electron chi connectivity index (χ1n) is 12.0. The van der Waals surface area contributed by atoms with Gasteiger partial charge in [-0.3, -0.25) is 14.0 Å². The number of hydrogen-bond donors (Lipinski definition) is 3. The first kappa shape index (κ1) is 22.9. The van der Waals surface area contributed by atoms with Crippen LogP contribution >= 0.6 is 0 Å². The first-order chi connectivity index (χ1) is 16.9. The van der Waals surface area contributed by atoms with Crippen molar-refractivity contribution in [2.24, 2.45) is 0 Å². The summed E-state index contributed by atoms with van der Waals surface area (Å²) in [6.07, 6.45) is 7.71. The van der Waals surface area contributed by atoms with E-state index in [2.05, 4.69) is 39.3 Å². The van der Waals surface area contributed by atoms with Crippen molar-refractivity contribution in [2.45, 2.75) is 32.2 Å². The van der Waals surface area contributed by atoms with Gasteiger partial charge in [-0.05, 0) is 82.2 Å². The van der Waals surface area contributed by atoms with Crippen LogP contribution in [0.5, 0.6) is 0 Å². The molecule has 4 heterocycles. The summed E-state index contributed by atoms with van der Waals surface area (Å²) in [5, 5.41) is 6.57. The van der Waals surface area contributed by atoms with Gasteiger partial charge in [-0.25, -0.2) is 4.98 Å². The predicted molar refractivity (Wildman–Crippen MR) is 138 cm³/mol. The van der Waals surface area contributed by atoms with Crippen molar-refractivity contribution >= 4 is 22.9 Å². The van der Waals surface area contributed by atoms with Gasteiger partial charge in [0.1, 0.15) is 0 Å². The van der Waals surface area contributed by atoms with E-state index in [1.165, 1.54) is 12.8 Å². The number of nitrogens with zero attached hydrogens (tertiary/aromatic N) is 3. The molecule has 1 amide bonds. The molecule has 0 radical (unpaired) electrons. The lowest BCUT2D eigenvalue weighted by Gasteiger charge is -2.31. The number of aromatic amines is 1. The fourth-order valence-corrected chi connectivity index (χ4v) is 4.73. The molecule has 0 spiro atoms. The summed E-state index contributed by atoms with van der Waals surface area (Å²) in [5.41, 5.74) is 4.29. The number of benzene rings is 1.